The van der Waals surface area contributed by atoms with E-state index in [-0.39, 0.29) is 5.91 Å². The number of aromatic nitrogens is 2. The first-order chi connectivity index (χ1) is 12.8. The van der Waals surface area contributed by atoms with Gasteiger partial charge in [0.15, 0.2) is 0 Å². The minimum absolute atomic E-state index is 0.0199. The first-order valence-corrected chi connectivity index (χ1v) is 10.4. The molecule has 1 N–H and O–H groups in total. The van der Waals surface area contributed by atoms with Crippen molar-refractivity contribution in [3.63, 3.8) is 0 Å². The smallest absolute Gasteiger partial charge is 0.236 e. The van der Waals surface area contributed by atoms with Crippen molar-refractivity contribution >= 4 is 29.4 Å². The summed E-state index contributed by atoms with van der Waals surface area (Å²) in [4.78, 5) is 17.4. The zero-order valence-electron chi connectivity index (χ0n) is 14.1. The van der Waals surface area contributed by atoms with E-state index in [1.807, 2.05) is 48.5 Å². The summed E-state index contributed by atoms with van der Waals surface area (Å²) in [6.45, 7) is 0.650. The van der Waals surface area contributed by atoms with Crippen LogP contribution in [0.3, 0.4) is 0 Å². The summed E-state index contributed by atoms with van der Waals surface area (Å²) >= 11 is 3.19. The molecule has 0 saturated carbocycles. The lowest BCUT2D eigenvalue weighted by Gasteiger charge is -2.04. The van der Waals surface area contributed by atoms with Crippen molar-refractivity contribution in [3.05, 3.63) is 66.6 Å². The summed E-state index contributed by atoms with van der Waals surface area (Å²) in [7, 11) is 0. The molecular weight excluding hydrogens is 366 g/mol. The number of amides is 1. The lowest BCUT2D eigenvalue weighted by Crippen LogP contribution is -2.27. The van der Waals surface area contributed by atoms with Crippen LogP contribution in [0.1, 0.15) is 5.89 Å². The van der Waals surface area contributed by atoms with Crippen LogP contribution in [-0.2, 0) is 10.5 Å². The van der Waals surface area contributed by atoms with Gasteiger partial charge in [0.05, 0.1) is 11.5 Å². The predicted molar refractivity (Wildman–Crippen MR) is 106 cm³/mol. The Labute approximate surface area is 161 Å². The molecular formula is C19H19N3O2S2. The van der Waals surface area contributed by atoms with Gasteiger partial charge in [0.1, 0.15) is 0 Å². The second-order valence-corrected chi connectivity index (χ2v) is 7.54. The van der Waals surface area contributed by atoms with Crippen LogP contribution in [0.2, 0.25) is 0 Å². The van der Waals surface area contributed by atoms with Crippen molar-refractivity contribution in [2.45, 2.75) is 10.6 Å². The van der Waals surface area contributed by atoms with Crippen LogP contribution >= 0.6 is 23.5 Å². The maximum atomic E-state index is 11.9. The molecule has 7 heteroatoms. The van der Waals surface area contributed by atoms with E-state index in [0.717, 1.165) is 11.3 Å². The van der Waals surface area contributed by atoms with Crippen LogP contribution in [-0.4, -0.2) is 34.1 Å². The SMILES string of the molecule is O=C(CSCc1nc(-c2ccccc2)no1)NCCSc1ccccc1. The summed E-state index contributed by atoms with van der Waals surface area (Å²) in [6.07, 6.45) is 0. The number of thioether (sulfide) groups is 2. The van der Waals surface area contributed by atoms with Crippen molar-refractivity contribution in [2.75, 3.05) is 18.1 Å². The quantitative estimate of drug-likeness (QED) is 0.445. The van der Waals surface area contributed by atoms with Gasteiger partial charge in [0.2, 0.25) is 17.6 Å². The summed E-state index contributed by atoms with van der Waals surface area (Å²) in [5.41, 5.74) is 0.918. The lowest BCUT2D eigenvalue weighted by molar-refractivity contribution is -0.118. The first-order valence-electron chi connectivity index (χ1n) is 8.21. The van der Waals surface area contributed by atoms with E-state index in [4.69, 9.17) is 4.52 Å². The van der Waals surface area contributed by atoms with Crippen LogP contribution < -0.4 is 5.32 Å². The van der Waals surface area contributed by atoms with Crippen molar-refractivity contribution in [2.24, 2.45) is 0 Å². The summed E-state index contributed by atoms with van der Waals surface area (Å²) in [5.74, 6) is 2.87. The van der Waals surface area contributed by atoms with E-state index in [1.165, 1.54) is 16.7 Å². The molecule has 0 aliphatic heterocycles. The van der Waals surface area contributed by atoms with Crippen molar-refractivity contribution in [3.8, 4) is 11.4 Å². The summed E-state index contributed by atoms with van der Waals surface area (Å²) < 4.78 is 5.23. The molecule has 3 aromatic rings. The normalized spacial score (nSPS) is 10.6. The molecule has 0 atom stereocenters. The van der Waals surface area contributed by atoms with Gasteiger partial charge in [-0.25, -0.2) is 0 Å². The molecule has 0 bridgehead atoms. The molecule has 0 spiro atoms. The van der Waals surface area contributed by atoms with Gasteiger partial charge in [-0.05, 0) is 12.1 Å². The zero-order chi connectivity index (χ0) is 18.0. The zero-order valence-corrected chi connectivity index (χ0v) is 15.8. The van der Waals surface area contributed by atoms with E-state index in [9.17, 15) is 4.79 Å². The van der Waals surface area contributed by atoms with Gasteiger partial charge in [0.25, 0.3) is 0 Å². The highest BCUT2D eigenvalue weighted by Gasteiger charge is 2.09. The Bertz CT molecular complexity index is 810. The van der Waals surface area contributed by atoms with Crippen LogP contribution in [0, 0.1) is 0 Å². The minimum atomic E-state index is 0.0199. The number of rotatable bonds is 9. The van der Waals surface area contributed by atoms with Crippen molar-refractivity contribution < 1.29 is 9.32 Å². The lowest BCUT2D eigenvalue weighted by atomic mass is 10.2. The molecule has 1 heterocycles. The average Bonchev–Trinajstić information content (AvgIpc) is 3.16. The number of carbonyl (C=O) groups is 1. The molecule has 1 amide bonds. The molecule has 0 saturated heterocycles. The van der Waals surface area contributed by atoms with Crippen LogP contribution in [0.15, 0.2) is 70.1 Å². The molecule has 3 rings (SSSR count). The average molecular weight is 386 g/mol. The van der Waals surface area contributed by atoms with E-state index >= 15 is 0 Å². The van der Waals surface area contributed by atoms with Crippen LogP contribution in [0.4, 0.5) is 0 Å². The highest BCUT2D eigenvalue weighted by atomic mass is 32.2. The van der Waals surface area contributed by atoms with Gasteiger partial charge in [-0.15, -0.1) is 23.5 Å². The molecule has 2 aromatic carbocycles. The van der Waals surface area contributed by atoms with Crippen molar-refractivity contribution in [1.29, 1.82) is 0 Å². The standard InChI is InChI=1S/C19H19N3O2S2/c23-17(20-11-12-26-16-9-5-2-6-10-16)13-25-14-18-21-19(22-24-18)15-7-3-1-4-8-15/h1-10H,11-14H2,(H,20,23). The number of hydrogen-bond acceptors (Lipinski definition) is 6. The molecule has 0 aliphatic rings. The predicted octanol–water partition coefficient (Wildman–Crippen LogP) is 3.88. The Morgan fingerprint density at radius 1 is 1.04 bits per heavy atom. The fraction of sp³-hybridized carbons (Fsp3) is 0.211. The Morgan fingerprint density at radius 3 is 2.54 bits per heavy atom. The molecule has 0 unspecified atom stereocenters. The van der Waals surface area contributed by atoms with Crippen LogP contribution in [0.25, 0.3) is 11.4 Å². The highest BCUT2D eigenvalue weighted by Crippen LogP contribution is 2.18. The topological polar surface area (TPSA) is 68.0 Å². The van der Waals surface area contributed by atoms with E-state index < -0.39 is 0 Å². The highest BCUT2D eigenvalue weighted by molar-refractivity contribution is 7.99. The molecule has 0 radical (unpaired) electrons. The third-order valence-electron chi connectivity index (χ3n) is 3.39. The molecule has 134 valence electrons. The maximum absolute atomic E-state index is 11.9. The van der Waals surface area contributed by atoms with Crippen molar-refractivity contribution in [1.82, 2.24) is 15.5 Å². The third kappa shape index (κ3) is 5.93. The van der Waals surface area contributed by atoms with Gasteiger partial charge >= 0.3 is 0 Å². The van der Waals surface area contributed by atoms with Gasteiger partial charge in [-0.1, -0.05) is 53.7 Å². The number of nitrogens with one attached hydrogen (secondary N) is 1. The Kier molecular flexibility index (Phi) is 7.15. The van der Waals surface area contributed by atoms with Gasteiger partial charge < -0.3 is 9.84 Å². The molecule has 0 aliphatic carbocycles. The number of carbonyl (C=O) groups excluding carboxylic acids is 1. The van der Waals surface area contributed by atoms with Gasteiger partial charge in [-0.2, -0.15) is 4.98 Å². The largest absolute Gasteiger partial charge is 0.355 e. The molecule has 1 aromatic heterocycles. The van der Waals surface area contributed by atoms with Crippen LogP contribution in [0.5, 0.6) is 0 Å². The second kappa shape index (κ2) is 10.0. The minimum Gasteiger partial charge on any atom is -0.355 e. The monoisotopic (exact) mass is 385 g/mol. The van der Waals surface area contributed by atoms with Gasteiger partial charge in [0, 0.05) is 22.8 Å². The fourth-order valence-corrected chi connectivity index (χ4v) is 3.65. The summed E-state index contributed by atoms with van der Waals surface area (Å²) in [6, 6.07) is 19.8. The summed E-state index contributed by atoms with van der Waals surface area (Å²) in [5, 5.41) is 6.89. The first kappa shape index (κ1) is 18.5. The Morgan fingerprint density at radius 2 is 1.77 bits per heavy atom. The Balaban J connectivity index is 1.32. The maximum Gasteiger partial charge on any atom is 0.236 e. The molecule has 26 heavy (non-hydrogen) atoms. The molecule has 5 nitrogen and oxygen atoms in total. The number of benzene rings is 2. The van der Waals surface area contributed by atoms with Gasteiger partial charge in [-0.3, -0.25) is 4.79 Å². The molecule has 0 fully saturated rings. The second-order valence-electron chi connectivity index (χ2n) is 5.38. The van der Waals surface area contributed by atoms with E-state index in [0.29, 0.717) is 29.8 Å². The number of nitrogens with zero attached hydrogens (tertiary/aromatic N) is 2. The fourth-order valence-electron chi connectivity index (χ4n) is 2.18. The number of hydrogen-bond donors (Lipinski definition) is 1. The Hall–Kier alpha value is -2.25. The van der Waals surface area contributed by atoms with E-state index in [2.05, 4.69) is 27.6 Å². The van der Waals surface area contributed by atoms with E-state index in [1.54, 1.807) is 11.8 Å². The third-order valence-corrected chi connectivity index (χ3v) is 5.33.